The van der Waals surface area contributed by atoms with Gasteiger partial charge < -0.3 is 20.9 Å². The van der Waals surface area contributed by atoms with Gasteiger partial charge in [-0.2, -0.15) is 0 Å². The molecule has 33 heavy (non-hydrogen) atoms. The predicted octanol–water partition coefficient (Wildman–Crippen LogP) is 4.64. The van der Waals surface area contributed by atoms with E-state index in [4.69, 9.17) is 0 Å². The largest absolute Gasteiger partial charge is 0.325 e. The predicted molar refractivity (Wildman–Crippen MR) is 129 cm³/mol. The quantitative estimate of drug-likeness (QED) is 0.473. The Bertz CT molecular complexity index is 1290. The molecule has 4 N–H and O–H groups in total. The third-order valence-electron chi connectivity index (χ3n) is 6.36. The van der Waals surface area contributed by atoms with Crippen LogP contribution in [0, 0.1) is 0 Å². The molecule has 3 amide bonds. The van der Waals surface area contributed by atoms with E-state index in [-0.39, 0.29) is 17.2 Å². The molecule has 0 fully saturated rings. The van der Waals surface area contributed by atoms with Gasteiger partial charge in [-0.15, -0.1) is 0 Å². The van der Waals surface area contributed by atoms with Crippen molar-refractivity contribution in [3.63, 3.8) is 0 Å². The van der Waals surface area contributed by atoms with Gasteiger partial charge in [-0.25, -0.2) is 4.79 Å². The van der Waals surface area contributed by atoms with Gasteiger partial charge in [0.1, 0.15) is 5.56 Å². The van der Waals surface area contributed by atoms with E-state index in [1.165, 1.54) is 17.5 Å². The van der Waals surface area contributed by atoms with Crippen LogP contribution in [0.2, 0.25) is 0 Å². The molecule has 0 aliphatic heterocycles. The first-order chi connectivity index (χ1) is 16.1. The maximum atomic E-state index is 12.7. The van der Waals surface area contributed by atoms with Crippen LogP contribution < -0.4 is 21.5 Å². The normalized spacial score (nSPS) is 14.2. The molecule has 1 aromatic heterocycles. The lowest BCUT2D eigenvalue weighted by atomic mass is 9.90. The Morgan fingerprint density at radius 3 is 2.39 bits per heavy atom. The Morgan fingerprint density at radius 2 is 1.52 bits per heavy atom. The number of rotatable bonds is 4. The zero-order chi connectivity index (χ0) is 22.8. The fourth-order valence-electron chi connectivity index (χ4n) is 4.74. The minimum atomic E-state index is -0.469. The first-order valence-corrected chi connectivity index (χ1v) is 11.4. The van der Waals surface area contributed by atoms with Crippen LogP contribution in [-0.2, 0) is 25.7 Å². The number of aromatic amines is 1. The van der Waals surface area contributed by atoms with E-state index in [1.807, 2.05) is 12.1 Å². The van der Waals surface area contributed by atoms with E-state index in [2.05, 4.69) is 27.0 Å². The summed E-state index contributed by atoms with van der Waals surface area (Å²) in [5, 5.41) is 8.54. The Morgan fingerprint density at radius 1 is 0.758 bits per heavy atom. The van der Waals surface area contributed by atoms with Crippen LogP contribution >= 0.6 is 0 Å². The number of aromatic nitrogens is 1. The molecule has 7 nitrogen and oxygen atoms in total. The van der Waals surface area contributed by atoms with Gasteiger partial charge in [-0.1, -0.05) is 18.2 Å². The minimum absolute atomic E-state index is 0.0978. The average Bonchev–Trinajstić information content (AvgIpc) is 3.26. The summed E-state index contributed by atoms with van der Waals surface area (Å²) in [6, 6.07) is 14.2. The Labute approximate surface area is 191 Å². The minimum Gasteiger partial charge on any atom is -0.325 e. The van der Waals surface area contributed by atoms with Gasteiger partial charge in [-0.3, -0.25) is 9.59 Å². The molecule has 3 aromatic rings. The Kier molecular flexibility index (Phi) is 5.69. The maximum Gasteiger partial charge on any atom is 0.323 e. The Balaban J connectivity index is 1.27. The van der Waals surface area contributed by atoms with Crippen LogP contribution in [0.3, 0.4) is 0 Å². The van der Waals surface area contributed by atoms with Crippen molar-refractivity contribution < 1.29 is 9.59 Å². The number of hydrogen-bond acceptors (Lipinski definition) is 3. The molecule has 2 aromatic carbocycles. The number of hydrogen-bond donors (Lipinski definition) is 4. The van der Waals surface area contributed by atoms with Crippen LogP contribution in [-0.4, -0.2) is 16.9 Å². The molecule has 0 atom stereocenters. The standard InChI is InChI=1S/C26H26N4O3/c31-24(21-14-17-8-4-12-22(17)29-25(21)32)27-18-9-5-10-19(15-18)28-26(33)30-23-13-3-7-16-6-1-2-11-20(16)23/h3,5,7,9-10,13-15H,1-2,4,6,8,11-12H2,(H,27,31)(H,29,32)(H2,28,30,33). The lowest BCUT2D eigenvalue weighted by Gasteiger charge is -2.19. The highest BCUT2D eigenvalue weighted by atomic mass is 16.2. The molecular weight excluding hydrogens is 416 g/mol. The number of benzene rings is 2. The number of urea groups is 1. The maximum absolute atomic E-state index is 12.7. The first kappa shape index (κ1) is 21.0. The molecule has 1 heterocycles. The van der Waals surface area contributed by atoms with Gasteiger partial charge in [0.15, 0.2) is 0 Å². The zero-order valence-electron chi connectivity index (χ0n) is 18.3. The molecule has 5 rings (SSSR count). The summed E-state index contributed by atoms with van der Waals surface area (Å²) in [6.45, 7) is 0. The highest BCUT2D eigenvalue weighted by molar-refractivity contribution is 6.05. The number of carbonyl (C=O) groups excluding carboxylic acids is 2. The summed E-state index contributed by atoms with van der Waals surface area (Å²) >= 11 is 0. The second-order valence-electron chi connectivity index (χ2n) is 8.63. The van der Waals surface area contributed by atoms with E-state index in [1.54, 1.807) is 30.3 Å². The van der Waals surface area contributed by atoms with Crippen molar-refractivity contribution in [1.82, 2.24) is 4.98 Å². The molecular formula is C26H26N4O3. The summed E-state index contributed by atoms with van der Waals surface area (Å²) in [7, 11) is 0. The van der Waals surface area contributed by atoms with Crippen LogP contribution in [0.25, 0.3) is 0 Å². The number of H-pyrrole nitrogens is 1. The smallest absolute Gasteiger partial charge is 0.323 e. The number of nitrogens with one attached hydrogen (secondary N) is 4. The number of pyridine rings is 1. The highest BCUT2D eigenvalue weighted by Gasteiger charge is 2.19. The summed E-state index contributed by atoms with van der Waals surface area (Å²) in [6.07, 6.45) is 7.01. The second-order valence-corrected chi connectivity index (χ2v) is 8.63. The van der Waals surface area contributed by atoms with Crippen molar-refractivity contribution in [2.75, 3.05) is 16.0 Å². The third-order valence-corrected chi connectivity index (χ3v) is 6.36. The lowest BCUT2D eigenvalue weighted by molar-refractivity contribution is 0.102. The van der Waals surface area contributed by atoms with E-state index in [0.29, 0.717) is 11.4 Å². The summed E-state index contributed by atoms with van der Waals surface area (Å²) in [4.78, 5) is 40.5. The monoisotopic (exact) mass is 442 g/mol. The summed E-state index contributed by atoms with van der Waals surface area (Å²) in [5.74, 6) is -0.469. The number of amides is 3. The lowest BCUT2D eigenvalue weighted by Crippen LogP contribution is -2.24. The fourth-order valence-corrected chi connectivity index (χ4v) is 4.74. The van der Waals surface area contributed by atoms with Crippen LogP contribution in [0.1, 0.15) is 52.0 Å². The summed E-state index contributed by atoms with van der Waals surface area (Å²) < 4.78 is 0. The van der Waals surface area contributed by atoms with E-state index in [0.717, 1.165) is 55.5 Å². The molecule has 0 saturated carbocycles. The number of carbonyl (C=O) groups is 2. The molecule has 0 bridgehead atoms. The van der Waals surface area contributed by atoms with Crippen molar-refractivity contribution >= 4 is 29.0 Å². The Hall–Kier alpha value is -3.87. The molecule has 0 saturated heterocycles. The first-order valence-electron chi connectivity index (χ1n) is 11.4. The molecule has 0 unspecified atom stereocenters. The van der Waals surface area contributed by atoms with Crippen LogP contribution in [0.5, 0.6) is 0 Å². The zero-order valence-corrected chi connectivity index (χ0v) is 18.3. The van der Waals surface area contributed by atoms with Gasteiger partial charge in [-0.05, 0) is 92.0 Å². The number of anilines is 3. The molecule has 7 heteroatoms. The van der Waals surface area contributed by atoms with Crippen LogP contribution in [0.15, 0.2) is 53.3 Å². The number of aryl methyl sites for hydroxylation is 3. The van der Waals surface area contributed by atoms with Crippen molar-refractivity contribution in [3.05, 3.63) is 86.8 Å². The summed E-state index contributed by atoms with van der Waals surface area (Å²) in [5.41, 5.74) is 6.04. The van der Waals surface area contributed by atoms with Crippen LogP contribution in [0.4, 0.5) is 21.9 Å². The SMILES string of the molecule is O=C(Nc1cccc(NC(=O)c2cc3c([nH]c2=O)CCC3)c1)Nc1cccc2c1CCCC2. The third kappa shape index (κ3) is 4.53. The van der Waals surface area contributed by atoms with E-state index in [9.17, 15) is 14.4 Å². The van der Waals surface area contributed by atoms with Crippen molar-refractivity contribution in [2.24, 2.45) is 0 Å². The second kappa shape index (κ2) is 8.94. The van der Waals surface area contributed by atoms with Gasteiger partial charge in [0.05, 0.1) is 0 Å². The van der Waals surface area contributed by atoms with Gasteiger partial charge >= 0.3 is 6.03 Å². The molecule has 2 aliphatic rings. The van der Waals surface area contributed by atoms with Crippen molar-refractivity contribution in [2.45, 2.75) is 44.9 Å². The van der Waals surface area contributed by atoms with E-state index >= 15 is 0 Å². The van der Waals surface area contributed by atoms with Crippen molar-refractivity contribution in [1.29, 1.82) is 0 Å². The number of fused-ring (bicyclic) bond motifs is 2. The molecule has 0 radical (unpaired) electrons. The molecule has 168 valence electrons. The van der Waals surface area contributed by atoms with Gasteiger partial charge in [0, 0.05) is 22.8 Å². The van der Waals surface area contributed by atoms with Crippen molar-refractivity contribution in [3.8, 4) is 0 Å². The molecule has 0 spiro atoms. The average molecular weight is 443 g/mol. The van der Waals surface area contributed by atoms with Gasteiger partial charge in [0.2, 0.25) is 0 Å². The highest BCUT2D eigenvalue weighted by Crippen LogP contribution is 2.28. The van der Waals surface area contributed by atoms with E-state index < -0.39 is 5.91 Å². The molecule has 2 aliphatic carbocycles. The topological polar surface area (TPSA) is 103 Å². The fraction of sp³-hybridized carbons (Fsp3) is 0.269. The van der Waals surface area contributed by atoms with Gasteiger partial charge in [0.25, 0.3) is 11.5 Å².